The molecule has 1 aliphatic rings. The lowest BCUT2D eigenvalue weighted by Gasteiger charge is -2.38. The van der Waals surface area contributed by atoms with Crippen molar-refractivity contribution in [3.05, 3.63) is 45.4 Å². The van der Waals surface area contributed by atoms with E-state index in [4.69, 9.17) is 47.6 Å². The smallest absolute Gasteiger partial charge is 0.203 e. The molecular weight excluding hydrogens is 505 g/mol. The first-order chi connectivity index (χ1) is 16.6. The summed E-state index contributed by atoms with van der Waals surface area (Å²) in [6.07, 6.45) is -0.116. The molecule has 1 fully saturated rings. The Morgan fingerprint density at radius 2 is 1.46 bits per heavy atom. The number of halogens is 2. The predicted molar refractivity (Wildman–Crippen MR) is 146 cm³/mol. The van der Waals surface area contributed by atoms with E-state index in [9.17, 15) is 0 Å². The topological polar surface area (TPSA) is 69.4 Å². The van der Waals surface area contributed by atoms with Crippen LogP contribution in [0.3, 0.4) is 0 Å². The Bertz CT molecular complexity index is 988. The van der Waals surface area contributed by atoms with Crippen molar-refractivity contribution in [3.8, 4) is 17.2 Å². The van der Waals surface area contributed by atoms with E-state index in [-0.39, 0.29) is 6.10 Å². The Kier molecular flexibility index (Phi) is 9.59. The van der Waals surface area contributed by atoms with Crippen molar-refractivity contribution in [1.82, 2.24) is 9.80 Å². The third-order valence-electron chi connectivity index (χ3n) is 6.04. The van der Waals surface area contributed by atoms with Gasteiger partial charge in [0.25, 0.3) is 0 Å². The minimum Gasteiger partial charge on any atom is -0.493 e. The molecule has 0 saturated carbocycles. The Labute approximate surface area is 220 Å². The quantitative estimate of drug-likeness (QED) is 0.322. The molecule has 0 spiro atoms. The van der Waals surface area contributed by atoms with Crippen molar-refractivity contribution < 1.29 is 18.6 Å². The van der Waals surface area contributed by atoms with Crippen LogP contribution in [0.1, 0.15) is 17.2 Å². The number of anilines is 1. The van der Waals surface area contributed by atoms with Crippen LogP contribution in [0.4, 0.5) is 5.69 Å². The summed E-state index contributed by atoms with van der Waals surface area (Å²) in [6, 6.07) is 7.73. The highest BCUT2D eigenvalue weighted by molar-refractivity contribution is 6.69. The van der Waals surface area contributed by atoms with Gasteiger partial charge in [0.05, 0.1) is 43.2 Å². The Balaban J connectivity index is 1.68. The number of nitrogens with zero attached hydrogens (tertiary/aromatic N) is 2. The lowest BCUT2D eigenvalue weighted by Crippen LogP contribution is -2.48. The fraction of sp³-hybridized carbons (Fsp3) is 0.520. The maximum absolute atomic E-state index is 6.56. The molecule has 2 aromatic rings. The van der Waals surface area contributed by atoms with Crippen LogP contribution in [0.5, 0.6) is 17.2 Å². The lowest BCUT2D eigenvalue weighted by molar-refractivity contribution is 0.0776. The van der Waals surface area contributed by atoms with Gasteiger partial charge in [-0.05, 0) is 43.4 Å². The standard InChI is InChI=1S/C25H37Cl2N3O4Si/c1-31-21-8-7-17(24(32-2)25(21)33-3)15-29-9-11-30(12-10-29)16-22(34-35(4,5)6)18-13-19(26)23(28)20(27)14-18/h7-8,13-14,22H,9-12,15-16,28H2,1-6H3. The van der Waals surface area contributed by atoms with E-state index in [2.05, 4.69) is 29.4 Å². The molecule has 3 rings (SSSR count). The SMILES string of the molecule is COc1ccc(CN2CCN(CC(O[Si](C)(C)C)c3cc(Cl)c(N)c(Cl)c3)CC2)c(OC)c1OC. The number of hydrogen-bond acceptors (Lipinski definition) is 7. The number of nitrogen functional groups attached to an aromatic ring is 1. The van der Waals surface area contributed by atoms with E-state index in [0.29, 0.717) is 27.2 Å². The highest BCUT2D eigenvalue weighted by Crippen LogP contribution is 2.40. The van der Waals surface area contributed by atoms with Gasteiger partial charge in [-0.2, -0.15) is 0 Å². The fourth-order valence-corrected chi connectivity index (χ4v) is 5.89. The van der Waals surface area contributed by atoms with E-state index >= 15 is 0 Å². The minimum absolute atomic E-state index is 0.116. The number of rotatable bonds is 10. The molecule has 0 radical (unpaired) electrons. The number of hydrogen-bond donors (Lipinski definition) is 1. The summed E-state index contributed by atoms with van der Waals surface area (Å²) in [6.45, 7) is 11.8. The van der Waals surface area contributed by atoms with Crippen LogP contribution in [-0.4, -0.2) is 72.2 Å². The van der Waals surface area contributed by atoms with Crippen LogP contribution in [0.25, 0.3) is 0 Å². The highest BCUT2D eigenvalue weighted by Gasteiger charge is 2.28. The van der Waals surface area contributed by atoms with Crippen LogP contribution >= 0.6 is 23.2 Å². The van der Waals surface area contributed by atoms with Gasteiger partial charge >= 0.3 is 0 Å². The van der Waals surface area contributed by atoms with Crippen molar-refractivity contribution in [3.63, 3.8) is 0 Å². The number of benzene rings is 2. The minimum atomic E-state index is -1.82. The molecule has 7 nitrogen and oxygen atoms in total. The van der Waals surface area contributed by atoms with Crippen LogP contribution in [0.2, 0.25) is 29.7 Å². The number of ether oxygens (including phenoxy) is 3. The molecule has 0 amide bonds. The molecule has 2 aromatic carbocycles. The normalized spacial score (nSPS) is 16.2. The molecular formula is C25H37Cl2N3O4Si. The summed E-state index contributed by atoms with van der Waals surface area (Å²) >= 11 is 12.7. The first-order valence-corrected chi connectivity index (χ1v) is 15.9. The van der Waals surface area contributed by atoms with Crippen molar-refractivity contribution >= 4 is 37.2 Å². The van der Waals surface area contributed by atoms with Crippen LogP contribution in [0.15, 0.2) is 24.3 Å². The monoisotopic (exact) mass is 541 g/mol. The van der Waals surface area contributed by atoms with E-state index < -0.39 is 8.32 Å². The summed E-state index contributed by atoms with van der Waals surface area (Å²) in [7, 11) is 3.10. The lowest BCUT2D eigenvalue weighted by atomic mass is 10.1. The number of nitrogens with two attached hydrogens (primary N) is 1. The third kappa shape index (κ3) is 7.18. The molecule has 0 bridgehead atoms. The molecule has 194 valence electrons. The summed E-state index contributed by atoms with van der Waals surface area (Å²) in [5.41, 5.74) is 8.41. The van der Waals surface area contributed by atoms with E-state index in [1.165, 1.54) is 0 Å². The summed E-state index contributed by atoms with van der Waals surface area (Å²) in [5, 5.41) is 0.927. The summed E-state index contributed by atoms with van der Waals surface area (Å²) < 4.78 is 23.2. The fourth-order valence-electron chi connectivity index (χ4n) is 4.32. The largest absolute Gasteiger partial charge is 0.493 e. The van der Waals surface area contributed by atoms with Crippen LogP contribution in [-0.2, 0) is 11.0 Å². The van der Waals surface area contributed by atoms with Gasteiger partial charge in [0, 0.05) is 44.8 Å². The van der Waals surface area contributed by atoms with Gasteiger partial charge < -0.3 is 24.4 Å². The van der Waals surface area contributed by atoms with Gasteiger partial charge in [0.1, 0.15) is 0 Å². The molecule has 10 heteroatoms. The maximum atomic E-state index is 6.56. The van der Waals surface area contributed by atoms with Crippen molar-refractivity contribution in [2.75, 3.05) is 59.8 Å². The molecule has 1 heterocycles. The Morgan fingerprint density at radius 3 is 1.97 bits per heavy atom. The highest BCUT2D eigenvalue weighted by atomic mass is 35.5. The van der Waals surface area contributed by atoms with Gasteiger partial charge in [0.15, 0.2) is 19.8 Å². The zero-order valence-electron chi connectivity index (χ0n) is 21.5. The summed E-state index contributed by atoms with van der Waals surface area (Å²) in [4.78, 5) is 4.86. The molecule has 0 aromatic heterocycles. The van der Waals surface area contributed by atoms with Crippen molar-refractivity contribution in [2.45, 2.75) is 32.3 Å². The number of methoxy groups -OCH3 is 3. The second-order valence-corrected chi connectivity index (χ2v) is 15.0. The Hall–Kier alpha value is -1.68. The molecule has 2 N–H and O–H groups in total. The van der Waals surface area contributed by atoms with E-state index in [0.717, 1.165) is 56.1 Å². The first kappa shape index (κ1) is 27.9. The van der Waals surface area contributed by atoms with Crippen LogP contribution < -0.4 is 19.9 Å². The van der Waals surface area contributed by atoms with Crippen LogP contribution in [0, 0.1) is 0 Å². The second kappa shape index (κ2) is 12.0. The molecule has 1 aliphatic heterocycles. The predicted octanol–water partition coefficient (Wildman–Crippen LogP) is 5.31. The van der Waals surface area contributed by atoms with E-state index in [1.54, 1.807) is 21.3 Å². The third-order valence-corrected chi connectivity index (χ3v) is 7.65. The molecule has 1 atom stereocenters. The van der Waals surface area contributed by atoms with Gasteiger partial charge in [-0.3, -0.25) is 9.80 Å². The molecule has 1 saturated heterocycles. The van der Waals surface area contributed by atoms with Gasteiger partial charge in [-0.1, -0.05) is 29.3 Å². The van der Waals surface area contributed by atoms with Gasteiger partial charge in [-0.25, -0.2) is 0 Å². The zero-order valence-corrected chi connectivity index (χ0v) is 24.0. The average molecular weight is 543 g/mol. The second-order valence-electron chi connectivity index (χ2n) is 9.69. The first-order valence-electron chi connectivity index (χ1n) is 11.7. The van der Waals surface area contributed by atoms with Gasteiger partial charge in [-0.15, -0.1) is 0 Å². The molecule has 1 unspecified atom stereocenters. The zero-order chi connectivity index (χ0) is 25.8. The van der Waals surface area contributed by atoms with Gasteiger partial charge in [0.2, 0.25) is 5.75 Å². The maximum Gasteiger partial charge on any atom is 0.203 e. The molecule has 0 aliphatic carbocycles. The van der Waals surface area contributed by atoms with E-state index in [1.807, 2.05) is 24.3 Å². The summed E-state index contributed by atoms with van der Waals surface area (Å²) in [5.74, 6) is 2.00. The average Bonchev–Trinajstić information content (AvgIpc) is 2.81. The molecule has 35 heavy (non-hydrogen) atoms. The Morgan fingerprint density at radius 1 is 0.886 bits per heavy atom. The van der Waals surface area contributed by atoms with Crippen molar-refractivity contribution in [1.29, 1.82) is 0 Å². The van der Waals surface area contributed by atoms with Crippen molar-refractivity contribution in [2.24, 2.45) is 0 Å². The number of piperazine rings is 1.